The van der Waals surface area contributed by atoms with E-state index in [1.165, 1.54) is 18.3 Å². The molecule has 142 valence electrons. The molecule has 0 spiro atoms. The van der Waals surface area contributed by atoms with Crippen molar-refractivity contribution >= 4 is 23.5 Å². The van der Waals surface area contributed by atoms with Crippen LogP contribution in [0.4, 0.5) is 20.2 Å². The Kier molecular flexibility index (Phi) is 5.20. The van der Waals surface area contributed by atoms with Gasteiger partial charge in [-0.2, -0.15) is 0 Å². The van der Waals surface area contributed by atoms with Gasteiger partial charge in [0.2, 0.25) is 0 Å². The number of nitrogens with two attached hydrogens (primary N) is 2. The van der Waals surface area contributed by atoms with Gasteiger partial charge in [0.1, 0.15) is 17.2 Å². The Labute approximate surface area is 154 Å². The lowest BCUT2D eigenvalue weighted by Crippen LogP contribution is -2.43. The lowest BCUT2D eigenvalue weighted by Gasteiger charge is -2.33. The van der Waals surface area contributed by atoms with Crippen molar-refractivity contribution in [3.8, 4) is 0 Å². The third kappa shape index (κ3) is 3.96. The molecule has 6 N–H and O–H groups in total. The fraction of sp³-hybridized carbons (Fsp3) is 0.263. The van der Waals surface area contributed by atoms with Crippen molar-refractivity contribution in [1.82, 2.24) is 5.32 Å². The van der Waals surface area contributed by atoms with E-state index in [1.807, 2.05) is 0 Å². The smallest absolute Gasteiger partial charge is 0.250 e. The molecular weight excluding hydrogens is 354 g/mol. The quantitative estimate of drug-likeness (QED) is 0.484. The van der Waals surface area contributed by atoms with E-state index in [4.69, 9.17) is 11.5 Å². The Balaban J connectivity index is 1.89. The van der Waals surface area contributed by atoms with Crippen molar-refractivity contribution in [2.45, 2.75) is 18.4 Å². The summed E-state index contributed by atoms with van der Waals surface area (Å²) in [6.07, 6.45) is 2.50. The van der Waals surface area contributed by atoms with Crippen molar-refractivity contribution in [2.75, 3.05) is 18.8 Å². The van der Waals surface area contributed by atoms with Crippen molar-refractivity contribution in [2.24, 2.45) is 10.7 Å². The van der Waals surface area contributed by atoms with Crippen molar-refractivity contribution < 1.29 is 18.7 Å². The summed E-state index contributed by atoms with van der Waals surface area (Å²) in [5.74, 6) is -2.21. The van der Waals surface area contributed by atoms with Crippen LogP contribution in [0.2, 0.25) is 0 Å². The molecule has 0 radical (unpaired) electrons. The molecule has 1 aliphatic heterocycles. The number of aliphatic hydroxyl groups is 1. The molecule has 27 heavy (non-hydrogen) atoms. The molecule has 3 rings (SSSR count). The molecular formula is C19H20F2N4O2. The fourth-order valence-electron chi connectivity index (χ4n) is 3.13. The Morgan fingerprint density at radius 1 is 1.30 bits per heavy atom. The summed E-state index contributed by atoms with van der Waals surface area (Å²) < 4.78 is 28.1. The molecule has 1 atom stereocenters. The number of nitrogens with zero attached hydrogens (tertiary/aromatic N) is 1. The molecule has 1 unspecified atom stereocenters. The average molecular weight is 374 g/mol. The number of β-amino-alcohol motifs (C(OH)–C–C–N with tert-alkyl or cyclic N) is 1. The molecule has 0 aromatic heterocycles. The number of nitrogens with one attached hydrogen (secondary N) is 1. The first-order chi connectivity index (χ1) is 12.8. The van der Waals surface area contributed by atoms with Crippen molar-refractivity contribution in [3.05, 3.63) is 58.7 Å². The summed E-state index contributed by atoms with van der Waals surface area (Å²) in [5, 5.41) is 13.7. The van der Waals surface area contributed by atoms with Crippen LogP contribution in [0.25, 0.3) is 0 Å². The van der Waals surface area contributed by atoms with Gasteiger partial charge in [-0.3, -0.25) is 9.79 Å². The standard InChI is InChI=1S/C19H20F2N4O2/c20-13-6-11(17(22)14(8-13)18(23)26)9-25-16-3-2-12(7-15(16)21)19(27)4-1-5-24-10-19/h2-3,6-9,24,27H,1,4-5,10,22H2,(H2,23,26). The van der Waals surface area contributed by atoms with Gasteiger partial charge >= 0.3 is 0 Å². The Morgan fingerprint density at radius 3 is 2.70 bits per heavy atom. The number of aliphatic imine (C=N–C) groups is 1. The highest BCUT2D eigenvalue weighted by Crippen LogP contribution is 2.31. The predicted molar refractivity (Wildman–Crippen MR) is 99.0 cm³/mol. The molecule has 1 heterocycles. The number of primary amides is 1. The molecule has 1 aliphatic rings. The second-order valence-electron chi connectivity index (χ2n) is 6.56. The number of anilines is 1. The SMILES string of the molecule is NC(=O)c1cc(F)cc(C=Nc2ccc(C3(O)CCCNC3)cc2F)c1N. The Morgan fingerprint density at radius 2 is 2.07 bits per heavy atom. The summed E-state index contributed by atoms with van der Waals surface area (Å²) in [4.78, 5) is 15.3. The molecule has 0 aliphatic carbocycles. The number of carbonyl (C=O) groups is 1. The van der Waals surface area contributed by atoms with Crippen LogP contribution in [0.1, 0.15) is 34.3 Å². The van der Waals surface area contributed by atoms with E-state index in [0.29, 0.717) is 18.5 Å². The monoisotopic (exact) mass is 374 g/mol. The molecule has 2 aromatic carbocycles. The van der Waals surface area contributed by atoms with Crippen LogP contribution in [0.5, 0.6) is 0 Å². The van der Waals surface area contributed by atoms with Crippen LogP contribution < -0.4 is 16.8 Å². The second-order valence-corrected chi connectivity index (χ2v) is 6.56. The molecule has 6 nitrogen and oxygen atoms in total. The number of carbonyl (C=O) groups excluding carboxylic acids is 1. The summed E-state index contributed by atoms with van der Waals surface area (Å²) in [5.41, 5.74) is 10.2. The van der Waals surface area contributed by atoms with Gasteiger partial charge in [0, 0.05) is 18.3 Å². The maximum atomic E-state index is 14.4. The maximum absolute atomic E-state index is 14.4. The van der Waals surface area contributed by atoms with Crippen LogP contribution >= 0.6 is 0 Å². The van der Waals surface area contributed by atoms with Gasteiger partial charge in [-0.05, 0) is 49.2 Å². The van der Waals surface area contributed by atoms with E-state index < -0.39 is 23.1 Å². The van der Waals surface area contributed by atoms with E-state index in [0.717, 1.165) is 25.1 Å². The number of nitrogen functional groups attached to an aromatic ring is 1. The zero-order valence-corrected chi connectivity index (χ0v) is 14.5. The predicted octanol–water partition coefficient (Wildman–Crippen LogP) is 1.97. The number of hydrogen-bond acceptors (Lipinski definition) is 5. The highest BCUT2D eigenvalue weighted by atomic mass is 19.1. The van der Waals surface area contributed by atoms with Crippen LogP contribution in [-0.4, -0.2) is 30.3 Å². The van der Waals surface area contributed by atoms with E-state index in [1.54, 1.807) is 6.07 Å². The molecule has 2 aromatic rings. The molecule has 0 bridgehead atoms. The van der Waals surface area contributed by atoms with E-state index in [2.05, 4.69) is 10.3 Å². The first kappa shape index (κ1) is 18.9. The summed E-state index contributed by atoms with van der Waals surface area (Å²) in [7, 11) is 0. The highest BCUT2D eigenvalue weighted by molar-refractivity contribution is 6.02. The van der Waals surface area contributed by atoms with E-state index in [-0.39, 0.29) is 22.5 Å². The van der Waals surface area contributed by atoms with Gasteiger partial charge in [0.05, 0.1) is 16.9 Å². The van der Waals surface area contributed by atoms with Crippen LogP contribution in [0, 0.1) is 11.6 Å². The van der Waals surface area contributed by atoms with Gasteiger partial charge in [-0.25, -0.2) is 8.78 Å². The zero-order chi connectivity index (χ0) is 19.6. The maximum Gasteiger partial charge on any atom is 0.250 e. The summed E-state index contributed by atoms with van der Waals surface area (Å²) in [6.45, 7) is 1.17. The van der Waals surface area contributed by atoms with E-state index in [9.17, 15) is 18.7 Å². The number of halogens is 2. The largest absolute Gasteiger partial charge is 0.398 e. The summed E-state index contributed by atoms with van der Waals surface area (Å²) in [6, 6.07) is 6.28. The third-order valence-corrected chi connectivity index (χ3v) is 4.63. The first-order valence-corrected chi connectivity index (χ1v) is 8.46. The normalized spacial score (nSPS) is 20.1. The van der Waals surface area contributed by atoms with Gasteiger partial charge in [-0.1, -0.05) is 6.07 Å². The number of benzene rings is 2. The van der Waals surface area contributed by atoms with Gasteiger partial charge in [-0.15, -0.1) is 0 Å². The van der Waals surface area contributed by atoms with Crippen molar-refractivity contribution in [1.29, 1.82) is 0 Å². The van der Waals surface area contributed by atoms with Gasteiger partial charge in [0.15, 0.2) is 0 Å². The Hall–Kier alpha value is -2.84. The molecule has 1 amide bonds. The fourth-order valence-corrected chi connectivity index (χ4v) is 3.13. The number of hydrogen-bond donors (Lipinski definition) is 4. The lowest BCUT2D eigenvalue weighted by atomic mass is 9.86. The minimum atomic E-state index is -1.12. The Bertz CT molecular complexity index is 909. The summed E-state index contributed by atoms with van der Waals surface area (Å²) >= 11 is 0. The molecule has 1 fully saturated rings. The van der Waals surface area contributed by atoms with Crippen molar-refractivity contribution in [3.63, 3.8) is 0 Å². The minimum Gasteiger partial charge on any atom is -0.398 e. The first-order valence-electron chi connectivity index (χ1n) is 8.46. The van der Waals surface area contributed by atoms with Gasteiger partial charge < -0.3 is 21.9 Å². The third-order valence-electron chi connectivity index (χ3n) is 4.63. The highest BCUT2D eigenvalue weighted by Gasteiger charge is 2.31. The average Bonchev–Trinajstić information content (AvgIpc) is 2.63. The van der Waals surface area contributed by atoms with Gasteiger partial charge in [0.25, 0.3) is 5.91 Å². The number of rotatable bonds is 4. The van der Waals surface area contributed by atoms with Crippen LogP contribution in [0.3, 0.4) is 0 Å². The minimum absolute atomic E-state index is 0.00425. The number of amides is 1. The molecule has 8 heteroatoms. The second kappa shape index (κ2) is 7.42. The van der Waals surface area contributed by atoms with Crippen LogP contribution in [-0.2, 0) is 5.60 Å². The molecule has 1 saturated heterocycles. The van der Waals surface area contributed by atoms with Crippen LogP contribution in [0.15, 0.2) is 35.3 Å². The topological polar surface area (TPSA) is 114 Å². The number of piperidine rings is 1. The molecule has 0 saturated carbocycles. The lowest BCUT2D eigenvalue weighted by molar-refractivity contribution is 0.0120. The zero-order valence-electron chi connectivity index (χ0n) is 14.5. The van der Waals surface area contributed by atoms with E-state index >= 15 is 0 Å².